The predicted molar refractivity (Wildman–Crippen MR) is 68.8 cm³/mol. The van der Waals surface area contributed by atoms with E-state index in [0.717, 1.165) is 6.54 Å². The van der Waals surface area contributed by atoms with Gasteiger partial charge in [0.2, 0.25) is 0 Å². The number of benzene rings is 1. The van der Waals surface area contributed by atoms with Gasteiger partial charge in [0.1, 0.15) is 0 Å². The van der Waals surface area contributed by atoms with Crippen LogP contribution in [0.1, 0.15) is 12.5 Å². The van der Waals surface area contributed by atoms with Gasteiger partial charge in [0, 0.05) is 23.2 Å². The Morgan fingerprint density at radius 3 is 3.00 bits per heavy atom. The Bertz CT molecular complexity index is 438. The second kappa shape index (κ2) is 4.97. The topological polar surface area (TPSA) is 12.0 Å². The number of hydrogen-bond acceptors (Lipinski definition) is 2. The minimum atomic E-state index is 0.366. The average molecular weight is 240 g/mol. The van der Waals surface area contributed by atoms with E-state index in [1.807, 2.05) is 0 Å². The molecule has 3 heteroatoms. The monoisotopic (exact) mass is 239 g/mol. The lowest BCUT2D eigenvalue weighted by molar-refractivity contribution is 0.596. The summed E-state index contributed by atoms with van der Waals surface area (Å²) in [5.74, 6) is 0.655. The van der Waals surface area contributed by atoms with E-state index in [2.05, 4.69) is 41.9 Å². The Morgan fingerprint density at radius 1 is 1.40 bits per heavy atom. The van der Waals surface area contributed by atoms with E-state index in [9.17, 15) is 0 Å². The molecule has 0 saturated carbocycles. The van der Waals surface area contributed by atoms with Crippen LogP contribution in [-0.4, -0.2) is 11.9 Å². The molecule has 0 fully saturated rings. The molecule has 80 valence electrons. The number of rotatable bonds is 4. The Kier molecular flexibility index (Phi) is 3.62. The molecule has 1 atom stereocenters. The van der Waals surface area contributed by atoms with Crippen molar-refractivity contribution in [1.29, 1.82) is 0 Å². The highest BCUT2D eigenvalue weighted by Crippen LogP contribution is 2.25. The van der Waals surface area contributed by atoms with E-state index >= 15 is 0 Å². The smallest absolute Gasteiger partial charge is 0.0374 e. The summed E-state index contributed by atoms with van der Waals surface area (Å²) in [6, 6.07) is 8.87. The summed E-state index contributed by atoms with van der Waals surface area (Å²) in [5, 5.41) is 6.98. The number of nitrogens with one attached hydrogen (secondary N) is 1. The molecule has 1 nitrogen and oxygen atoms in total. The molecule has 0 bridgehead atoms. The van der Waals surface area contributed by atoms with Crippen molar-refractivity contribution in [1.82, 2.24) is 5.32 Å². The Hall–Kier alpha value is -0.570. The molecule has 0 spiro atoms. The Balaban J connectivity index is 2.14. The van der Waals surface area contributed by atoms with Crippen LogP contribution in [0.4, 0.5) is 0 Å². The summed E-state index contributed by atoms with van der Waals surface area (Å²) in [7, 11) is 0. The number of alkyl halides is 1. The summed E-state index contributed by atoms with van der Waals surface area (Å²) in [5.41, 5.74) is 1.37. The van der Waals surface area contributed by atoms with Crippen molar-refractivity contribution in [2.24, 2.45) is 0 Å². The lowest BCUT2D eigenvalue weighted by atomic mass is 10.2. The molecule has 0 aliphatic carbocycles. The summed E-state index contributed by atoms with van der Waals surface area (Å²) >= 11 is 7.55. The second-order valence-electron chi connectivity index (χ2n) is 3.69. The molecule has 1 aromatic heterocycles. The van der Waals surface area contributed by atoms with E-state index in [1.165, 1.54) is 15.6 Å². The maximum Gasteiger partial charge on any atom is 0.0374 e. The molecule has 0 saturated heterocycles. The van der Waals surface area contributed by atoms with Crippen LogP contribution in [0.25, 0.3) is 10.1 Å². The van der Waals surface area contributed by atoms with E-state index in [1.54, 1.807) is 11.3 Å². The van der Waals surface area contributed by atoms with Crippen LogP contribution in [0.15, 0.2) is 29.6 Å². The third kappa shape index (κ3) is 2.51. The Labute approximate surface area is 99.1 Å². The number of halogens is 1. The fraction of sp³-hybridized carbons (Fsp3) is 0.333. The first-order chi connectivity index (χ1) is 7.31. The van der Waals surface area contributed by atoms with Gasteiger partial charge >= 0.3 is 0 Å². The normalized spacial score (nSPS) is 13.2. The highest BCUT2D eigenvalue weighted by atomic mass is 35.5. The minimum Gasteiger partial charge on any atom is -0.309 e. The zero-order chi connectivity index (χ0) is 10.7. The van der Waals surface area contributed by atoms with Gasteiger partial charge in [-0.25, -0.2) is 0 Å². The standard InChI is InChI=1S/C12H14ClNS/c1-9(6-13)14-7-10-8-15-12-5-3-2-4-11(10)12/h2-5,8-9,14H,6-7H2,1H3. The SMILES string of the molecule is CC(CCl)NCc1csc2ccccc12. The molecule has 2 aromatic rings. The molecular formula is C12H14ClNS. The average Bonchev–Trinajstić information content (AvgIpc) is 2.69. The first-order valence-corrected chi connectivity index (χ1v) is 6.47. The molecule has 1 aromatic carbocycles. The van der Waals surface area contributed by atoms with Crippen LogP contribution >= 0.6 is 22.9 Å². The van der Waals surface area contributed by atoms with Crippen LogP contribution in [0.5, 0.6) is 0 Å². The Morgan fingerprint density at radius 2 is 2.20 bits per heavy atom. The molecule has 0 amide bonds. The molecule has 0 radical (unpaired) electrons. The molecular weight excluding hydrogens is 226 g/mol. The van der Waals surface area contributed by atoms with Crippen molar-refractivity contribution in [3.63, 3.8) is 0 Å². The first kappa shape index (κ1) is 10.9. The molecule has 1 unspecified atom stereocenters. The van der Waals surface area contributed by atoms with Crippen LogP contribution in [0, 0.1) is 0 Å². The maximum absolute atomic E-state index is 5.75. The fourth-order valence-corrected chi connectivity index (χ4v) is 2.58. The third-order valence-corrected chi connectivity index (χ3v) is 3.91. The van der Waals surface area contributed by atoms with Crippen LogP contribution in [0.2, 0.25) is 0 Å². The fourth-order valence-electron chi connectivity index (χ4n) is 1.51. The van der Waals surface area contributed by atoms with Gasteiger partial charge in [-0.3, -0.25) is 0 Å². The lowest BCUT2D eigenvalue weighted by Crippen LogP contribution is -2.26. The second-order valence-corrected chi connectivity index (χ2v) is 4.91. The highest BCUT2D eigenvalue weighted by Gasteiger charge is 2.04. The van der Waals surface area contributed by atoms with Crippen LogP contribution < -0.4 is 5.32 Å². The van der Waals surface area contributed by atoms with Gasteiger partial charge < -0.3 is 5.32 Å². The molecule has 0 aliphatic heterocycles. The maximum atomic E-state index is 5.75. The summed E-state index contributed by atoms with van der Waals surface area (Å²) in [4.78, 5) is 0. The van der Waals surface area contributed by atoms with E-state index < -0.39 is 0 Å². The lowest BCUT2D eigenvalue weighted by Gasteiger charge is -2.09. The summed E-state index contributed by atoms with van der Waals surface area (Å²) in [6.45, 7) is 3.00. The number of hydrogen-bond donors (Lipinski definition) is 1. The van der Waals surface area contributed by atoms with Crippen LogP contribution in [0.3, 0.4) is 0 Å². The van der Waals surface area contributed by atoms with Crippen molar-refractivity contribution < 1.29 is 0 Å². The molecule has 1 heterocycles. The van der Waals surface area contributed by atoms with Crippen molar-refractivity contribution in [2.45, 2.75) is 19.5 Å². The van der Waals surface area contributed by atoms with Gasteiger partial charge in [0.05, 0.1) is 0 Å². The van der Waals surface area contributed by atoms with Gasteiger partial charge in [-0.05, 0) is 29.3 Å². The zero-order valence-corrected chi connectivity index (χ0v) is 10.2. The van der Waals surface area contributed by atoms with Gasteiger partial charge in [-0.15, -0.1) is 22.9 Å². The third-order valence-electron chi connectivity index (χ3n) is 2.43. The number of fused-ring (bicyclic) bond motifs is 1. The van der Waals surface area contributed by atoms with Gasteiger partial charge in [-0.1, -0.05) is 18.2 Å². The summed E-state index contributed by atoms with van der Waals surface area (Å²) < 4.78 is 1.35. The van der Waals surface area contributed by atoms with Gasteiger partial charge in [-0.2, -0.15) is 0 Å². The van der Waals surface area contributed by atoms with Crippen molar-refractivity contribution >= 4 is 33.0 Å². The van der Waals surface area contributed by atoms with E-state index in [0.29, 0.717) is 11.9 Å². The van der Waals surface area contributed by atoms with Crippen molar-refractivity contribution in [2.75, 3.05) is 5.88 Å². The van der Waals surface area contributed by atoms with E-state index in [-0.39, 0.29) is 0 Å². The first-order valence-electron chi connectivity index (χ1n) is 5.05. The molecule has 2 rings (SSSR count). The van der Waals surface area contributed by atoms with Crippen molar-refractivity contribution in [3.8, 4) is 0 Å². The quantitative estimate of drug-likeness (QED) is 0.804. The van der Waals surface area contributed by atoms with Crippen molar-refractivity contribution in [3.05, 3.63) is 35.2 Å². The molecule has 15 heavy (non-hydrogen) atoms. The van der Waals surface area contributed by atoms with E-state index in [4.69, 9.17) is 11.6 Å². The van der Waals surface area contributed by atoms with Crippen LogP contribution in [-0.2, 0) is 6.54 Å². The zero-order valence-electron chi connectivity index (χ0n) is 8.66. The minimum absolute atomic E-state index is 0.366. The highest BCUT2D eigenvalue weighted by molar-refractivity contribution is 7.17. The molecule has 1 N–H and O–H groups in total. The van der Waals surface area contributed by atoms with Gasteiger partial charge in [0.25, 0.3) is 0 Å². The molecule has 0 aliphatic rings. The largest absolute Gasteiger partial charge is 0.309 e. The predicted octanol–water partition coefficient (Wildman–Crippen LogP) is 3.62. The van der Waals surface area contributed by atoms with Gasteiger partial charge in [0.15, 0.2) is 0 Å². The summed E-state index contributed by atoms with van der Waals surface area (Å²) in [6.07, 6.45) is 0. The number of thiophene rings is 1.